The normalized spacial score (nSPS) is 15.0. The molecule has 2 heterocycles. The molecule has 1 aliphatic rings. The molecule has 0 radical (unpaired) electrons. The second kappa shape index (κ2) is 8.20. The van der Waals surface area contributed by atoms with Gasteiger partial charge in [0.1, 0.15) is 17.8 Å². The van der Waals surface area contributed by atoms with Gasteiger partial charge in [-0.25, -0.2) is 9.97 Å². The molecular formula is C21H25N5O. The van der Waals surface area contributed by atoms with Gasteiger partial charge in [0.25, 0.3) is 5.91 Å². The van der Waals surface area contributed by atoms with Gasteiger partial charge < -0.3 is 15.6 Å². The summed E-state index contributed by atoms with van der Waals surface area (Å²) in [7, 11) is 0. The van der Waals surface area contributed by atoms with E-state index in [4.69, 9.17) is 0 Å². The Balaban J connectivity index is 1.34. The van der Waals surface area contributed by atoms with Crippen LogP contribution in [0.4, 0.5) is 5.82 Å². The molecule has 1 aromatic carbocycles. The van der Waals surface area contributed by atoms with Crippen LogP contribution in [0.1, 0.15) is 48.2 Å². The number of anilines is 1. The molecule has 3 N–H and O–H groups in total. The van der Waals surface area contributed by atoms with E-state index < -0.39 is 0 Å². The van der Waals surface area contributed by atoms with E-state index in [0.29, 0.717) is 11.5 Å². The molecule has 1 aliphatic carbocycles. The van der Waals surface area contributed by atoms with Crippen LogP contribution in [0.3, 0.4) is 0 Å². The van der Waals surface area contributed by atoms with Crippen molar-refractivity contribution in [1.29, 1.82) is 0 Å². The average Bonchev–Trinajstić information content (AvgIpc) is 3.12. The highest BCUT2D eigenvalue weighted by Gasteiger charge is 2.17. The van der Waals surface area contributed by atoms with E-state index >= 15 is 0 Å². The van der Waals surface area contributed by atoms with E-state index in [1.807, 2.05) is 6.07 Å². The van der Waals surface area contributed by atoms with Crippen molar-refractivity contribution in [2.45, 2.75) is 44.6 Å². The molecule has 4 rings (SSSR count). The Hall–Kier alpha value is -2.89. The van der Waals surface area contributed by atoms with Crippen molar-refractivity contribution in [2.24, 2.45) is 0 Å². The summed E-state index contributed by atoms with van der Waals surface area (Å²) in [6.07, 6.45) is 10.1. The smallest absolute Gasteiger partial charge is 0.270 e. The SMILES string of the molecule is O=C(NC1CCCCC1)c1cc(NCCc2c[nH]c3ccccc23)ncn1. The van der Waals surface area contributed by atoms with Gasteiger partial charge in [-0.15, -0.1) is 0 Å². The lowest BCUT2D eigenvalue weighted by molar-refractivity contribution is 0.0922. The topological polar surface area (TPSA) is 82.7 Å². The first-order chi connectivity index (χ1) is 13.3. The van der Waals surface area contributed by atoms with Crippen LogP contribution in [0.5, 0.6) is 0 Å². The zero-order chi connectivity index (χ0) is 18.5. The van der Waals surface area contributed by atoms with Crippen LogP contribution in [0.15, 0.2) is 42.9 Å². The van der Waals surface area contributed by atoms with Crippen LogP contribution in [-0.2, 0) is 6.42 Å². The molecule has 140 valence electrons. The molecule has 2 aromatic heterocycles. The van der Waals surface area contributed by atoms with Crippen LogP contribution in [0, 0.1) is 0 Å². The zero-order valence-electron chi connectivity index (χ0n) is 15.4. The number of carbonyl (C=O) groups is 1. The van der Waals surface area contributed by atoms with Crippen LogP contribution in [0.2, 0.25) is 0 Å². The number of benzene rings is 1. The number of aromatic nitrogens is 3. The first-order valence-electron chi connectivity index (χ1n) is 9.71. The van der Waals surface area contributed by atoms with Gasteiger partial charge in [-0.3, -0.25) is 4.79 Å². The number of nitrogens with one attached hydrogen (secondary N) is 3. The number of amides is 1. The minimum absolute atomic E-state index is 0.107. The number of para-hydroxylation sites is 1. The highest BCUT2D eigenvalue weighted by atomic mass is 16.1. The molecule has 1 amide bonds. The summed E-state index contributed by atoms with van der Waals surface area (Å²) in [6, 6.07) is 10.3. The fourth-order valence-electron chi connectivity index (χ4n) is 3.75. The van der Waals surface area contributed by atoms with Crippen molar-refractivity contribution in [2.75, 3.05) is 11.9 Å². The molecule has 0 bridgehead atoms. The summed E-state index contributed by atoms with van der Waals surface area (Å²) in [6.45, 7) is 0.739. The van der Waals surface area contributed by atoms with E-state index in [-0.39, 0.29) is 11.9 Å². The molecule has 6 heteroatoms. The van der Waals surface area contributed by atoms with E-state index in [1.54, 1.807) is 6.07 Å². The number of nitrogens with zero attached hydrogens (tertiary/aromatic N) is 2. The minimum Gasteiger partial charge on any atom is -0.370 e. The Morgan fingerprint density at radius 3 is 2.89 bits per heavy atom. The molecule has 27 heavy (non-hydrogen) atoms. The highest BCUT2D eigenvalue weighted by Crippen LogP contribution is 2.19. The third-order valence-electron chi connectivity index (χ3n) is 5.22. The molecule has 0 spiro atoms. The molecule has 0 saturated heterocycles. The number of hydrogen-bond acceptors (Lipinski definition) is 4. The van der Waals surface area contributed by atoms with Gasteiger partial charge >= 0.3 is 0 Å². The van der Waals surface area contributed by atoms with E-state index in [0.717, 1.165) is 31.3 Å². The molecule has 6 nitrogen and oxygen atoms in total. The lowest BCUT2D eigenvalue weighted by atomic mass is 9.95. The lowest BCUT2D eigenvalue weighted by Crippen LogP contribution is -2.36. The number of fused-ring (bicyclic) bond motifs is 1. The van der Waals surface area contributed by atoms with Crippen molar-refractivity contribution < 1.29 is 4.79 Å². The summed E-state index contributed by atoms with van der Waals surface area (Å²) in [5.41, 5.74) is 2.84. The van der Waals surface area contributed by atoms with Crippen molar-refractivity contribution >= 4 is 22.6 Å². The van der Waals surface area contributed by atoms with E-state index in [1.165, 1.54) is 36.5 Å². The number of aromatic amines is 1. The lowest BCUT2D eigenvalue weighted by Gasteiger charge is -2.22. The summed E-state index contributed by atoms with van der Waals surface area (Å²) >= 11 is 0. The van der Waals surface area contributed by atoms with Gasteiger partial charge in [0, 0.05) is 35.8 Å². The summed E-state index contributed by atoms with van der Waals surface area (Å²) < 4.78 is 0. The summed E-state index contributed by atoms with van der Waals surface area (Å²) in [5.74, 6) is 0.572. The Morgan fingerprint density at radius 1 is 1.15 bits per heavy atom. The molecule has 1 saturated carbocycles. The van der Waals surface area contributed by atoms with Crippen molar-refractivity contribution in [3.63, 3.8) is 0 Å². The van der Waals surface area contributed by atoms with Crippen molar-refractivity contribution in [3.05, 3.63) is 54.1 Å². The molecule has 3 aromatic rings. The monoisotopic (exact) mass is 363 g/mol. The van der Waals surface area contributed by atoms with Crippen LogP contribution in [-0.4, -0.2) is 33.4 Å². The summed E-state index contributed by atoms with van der Waals surface area (Å²) in [4.78, 5) is 24.1. The number of rotatable bonds is 6. The Bertz CT molecular complexity index is 914. The predicted molar refractivity (Wildman–Crippen MR) is 107 cm³/mol. The highest BCUT2D eigenvalue weighted by molar-refractivity contribution is 5.93. The van der Waals surface area contributed by atoms with Gasteiger partial charge in [-0.05, 0) is 30.9 Å². The van der Waals surface area contributed by atoms with E-state index in [9.17, 15) is 4.79 Å². The van der Waals surface area contributed by atoms with Gasteiger partial charge in [-0.1, -0.05) is 37.5 Å². The second-order valence-electron chi connectivity index (χ2n) is 7.13. The van der Waals surface area contributed by atoms with Crippen LogP contribution < -0.4 is 10.6 Å². The van der Waals surface area contributed by atoms with Crippen molar-refractivity contribution in [3.8, 4) is 0 Å². The van der Waals surface area contributed by atoms with Gasteiger partial charge in [0.2, 0.25) is 0 Å². The maximum absolute atomic E-state index is 12.4. The molecule has 0 atom stereocenters. The predicted octanol–water partition coefficient (Wildman–Crippen LogP) is 3.68. The Morgan fingerprint density at radius 2 is 2.00 bits per heavy atom. The zero-order valence-corrected chi connectivity index (χ0v) is 15.4. The van der Waals surface area contributed by atoms with E-state index in [2.05, 4.69) is 50.0 Å². The first-order valence-corrected chi connectivity index (χ1v) is 9.71. The Labute approximate surface area is 158 Å². The minimum atomic E-state index is -0.107. The third-order valence-corrected chi connectivity index (χ3v) is 5.22. The third kappa shape index (κ3) is 4.27. The maximum atomic E-state index is 12.4. The fourth-order valence-corrected chi connectivity index (χ4v) is 3.75. The van der Waals surface area contributed by atoms with Gasteiger partial charge in [0.15, 0.2) is 0 Å². The molecule has 0 unspecified atom stereocenters. The number of H-pyrrole nitrogens is 1. The number of hydrogen-bond donors (Lipinski definition) is 3. The first kappa shape index (κ1) is 17.5. The molecule has 0 aliphatic heterocycles. The molecule has 1 fully saturated rings. The fraction of sp³-hybridized carbons (Fsp3) is 0.381. The van der Waals surface area contributed by atoms with Crippen LogP contribution in [0.25, 0.3) is 10.9 Å². The summed E-state index contributed by atoms with van der Waals surface area (Å²) in [5, 5.41) is 7.65. The van der Waals surface area contributed by atoms with Crippen LogP contribution >= 0.6 is 0 Å². The Kier molecular flexibility index (Phi) is 5.32. The van der Waals surface area contributed by atoms with Gasteiger partial charge in [-0.2, -0.15) is 0 Å². The largest absolute Gasteiger partial charge is 0.370 e. The molecular weight excluding hydrogens is 338 g/mol. The average molecular weight is 363 g/mol. The second-order valence-corrected chi connectivity index (χ2v) is 7.13. The quantitative estimate of drug-likeness (QED) is 0.624. The number of carbonyl (C=O) groups excluding carboxylic acids is 1. The van der Waals surface area contributed by atoms with Crippen molar-refractivity contribution in [1.82, 2.24) is 20.3 Å². The van der Waals surface area contributed by atoms with Gasteiger partial charge in [0.05, 0.1) is 0 Å². The maximum Gasteiger partial charge on any atom is 0.270 e. The standard InChI is InChI=1S/C21H25N5O/c27-21(26-16-6-2-1-3-7-16)19-12-20(25-14-24-19)22-11-10-15-13-23-18-9-5-4-8-17(15)18/h4-5,8-9,12-14,16,23H,1-3,6-7,10-11H2,(H,26,27)(H,22,24,25).